The summed E-state index contributed by atoms with van der Waals surface area (Å²) in [6, 6.07) is 7.57. The number of hydrogen-bond donors (Lipinski definition) is 1. The quantitative estimate of drug-likeness (QED) is 0.756. The SMILES string of the molecule is O=C1C=C2N(C(=O)O)C[C@H]3C[C@@]23c2ccccc21. The van der Waals surface area contributed by atoms with E-state index < -0.39 is 6.09 Å². The molecule has 4 rings (SSSR count). The number of ketones is 1. The molecule has 3 aliphatic rings. The molecule has 4 nitrogen and oxygen atoms in total. The molecule has 1 aromatic rings. The van der Waals surface area contributed by atoms with E-state index in [2.05, 4.69) is 0 Å². The van der Waals surface area contributed by atoms with E-state index in [-0.39, 0.29) is 11.2 Å². The van der Waals surface area contributed by atoms with Crippen molar-refractivity contribution in [1.29, 1.82) is 0 Å². The zero-order valence-corrected chi connectivity index (χ0v) is 9.59. The van der Waals surface area contributed by atoms with Crippen LogP contribution in [0.3, 0.4) is 0 Å². The fourth-order valence-corrected chi connectivity index (χ4v) is 3.57. The van der Waals surface area contributed by atoms with Crippen molar-refractivity contribution in [2.75, 3.05) is 6.54 Å². The Morgan fingerprint density at radius 2 is 2.17 bits per heavy atom. The number of allylic oxidation sites excluding steroid dienone is 2. The first-order chi connectivity index (χ1) is 8.64. The number of hydrogen-bond acceptors (Lipinski definition) is 2. The van der Waals surface area contributed by atoms with Gasteiger partial charge in [-0.15, -0.1) is 0 Å². The molecule has 1 saturated heterocycles. The topological polar surface area (TPSA) is 57.6 Å². The molecule has 1 aliphatic heterocycles. The van der Waals surface area contributed by atoms with Gasteiger partial charge in [-0.2, -0.15) is 0 Å². The number of carboxylic acid groups (broad SMARTS) is 1. The maximum absolute atomic E-state index is 12.1. The van der Waals surface area contributed by atoms with Crippen molar-refractivity contribution in [2.45, 2.75) is 11.8 Å². The van der Waals surface area contributed by atoms with Crippen LogP contribution in [0, 0.1) is 5.92 Å². The van der Waals surface area contributed by atoms with Crippen LogP contribution in [-0.2, 0) is 5.41 Å². The summed E-state index contributed by atoms with van der Waals surface area (Å²) in [6.45, 7) is 0.517. The molecule has 1 heterocycles. The molecule has 90 valence electrons. The third kappa shape index (κ3) is 0.929. The Balaban J connectivity index is 1.95. The van der Waals surface area contributed by atoms with Crippen LogP contribution in [0.15, 0.2) is 36.0 Å². The summed E-state index contributed by atoms with van der Waals surface area (Å²) in [4.78, 5) is 24.6. The van der Waals surface area contributed by atoms with Crippen molar-refractivity contribution in [3.8, 4) is 0 Å². The second kappa shape index (κ2) is 2.83. The van der Waals surface area contributed by atoms with Gasteiger partial charge in [-0.3, -0.25) is 9.69 Å². The van der Waals surface area contributed by atoms with E-state index in [0.717, 1.165) is 17.5 Å². The standard InChI is InChI=1S/C14H11NO3/c16-11-5-12-14(10-4-2-1-3-9(10)11)6-8(14)7-15(12)13(17)18/h1-5,8H,6-7H2,(H,17,18)/t8-,14-/m1/s1. The molecule has 0 radical (unpaired) electrons. The number of fused-ring (bicyclic) bond motifs is 1. The predicted molar refractivity (Wildman–Crippen MR) is 63.4 cm³/mol. The number of benzene rings is 1. The summed E-state index contributed by atoms with van der Waals surface area (Å²) < 4.78 is 0. The highest BCUT2D eigenvalue weighted by atomic mass is 16.4. The molecule has 1 aromatic carbocycles. The highest BCUT2D eigenvalue weighted by Crippen LogP contribution is 2.66. The lowest BCUT2D eigenvalue weighted by molar-refractivity contribution is 0.103. The fraction of sp³-hybridized carbons (Fsp3) is 0.286. The van der Waals surface area contributed by atoms with Crippen LogP contribution in [0.1, 0.15) is 22.3 Å². The van der Waals surface area contributed by atoms with Crippen molar-refractivity contribution in [2.24, 2.45) is 5.92 Å². The van der Waals surface area contributed by atoms with E-state index in [4.69, 9.17) is 0 Å². The molecule has 2 aliphatic carbocycles. The van der Waals surface area contributed by atoms with Crippen LogP contribution < -0.4 is 0 Å². The van der Waals surface area contributed by atoms with Gasteiger partial charge in [-0.25, -0.2) is 4.79 Å². The van der Waals surface area contributed by atoms with Gasteiger partial charge in [-0.1, -0.05) is 24.3 Å². The maximum Gasteiger partial charge on any atom is 0.411 e. The number of carbonyl (C=O) groups is 2. The Morgan fingerprint density at radius 1 is 1.39 bits per heavy atom. The summed E-state index contributed by atoms with van der Waals surface area (Å²) in [6.07, 6.45) is 1.52. The molecule has 1 spiro atoms. The summed E-state index contributed by atoms with van der Waals surface area (Å²) in [7, 11) is 0. The van der Waals surface area contributed by atoms with Crippen molar-refractivity contribution in [1.82, 2.24) is 4.90 Å². The smallest absolute Gasteiger partial charge is 0.411 e. The van der Waals surface area contributed by atoms with Crippen LogP contribution in [-0.4, -0.2) is 28.4 Å². The fourth-order valence-electron chi connectivity index (χ4n) is 3.57. The maximum atomic E-state index is 12.1. The minimum Gasteiger partial charge on any atom is -0.465 e. The molecule has 0 unspecified atom stereocenters. The first kappa shape index (κ1) is 9.88. The molecule has 0 aromatic heterocycles. The molecular formula is C14H11NO3. The van der Waals surface area contributed by atoms with Crippen LogP contribution >= 0.6 is 0 Å². The summed E-state index contributed by atoms with van der Waals surface area (Å²) in [5.41, 5.74) is 2.24. The van der Waals surface area contributed by atoms with Crippen molar-refractivity contribution in [3.63, 3.8) is 0 Å². The van der Waals surface area contributed by atoms with E-state index in [1.807, 2.05) is 24.3 Å². The van der Waals surface area contributed by atoms with Gasteiger partial charge < -0.3 is 5.11 Å². The zero-order chi connectivity index (χ0) is 12.5. The molecular weight excluding hydrogens is 230 g/mol. The third-order valence-corrected chi connectivity index (χ3v) is 4.43. The lowest BCUT2D eigenvalue weighted by Gasteiger charge is -2.27. The monoisotopic (exact) mass is 241 g/mol. The molecule has 1 saturated carbocycles. The first-order valence-electron chi connectivity index (χ1n) is 6.01. The Labute approximate surface area is 104 Å². The van der Waals surface area contributed by atoms with E-state index in [1.54, 1.807) is 0 Å². The van der Waals surface area contributed by atoms with Crippen LogP contribution in [0.2, 0.25) is 0 Å². The summed E-state index contributed by atoms with van der Waals surface area (Å²) in [5.74, 6) is 0.263. The summed E-state index contributed by atoms with van der Waals surface area (Å²) >= 11 is 0. The largest absolute Gasteiger partial charge is 0.465 e. The Morgan fingerprint density at radius 3 is 2.94 bits per heavy atom. The van der Waals surface area contributed by atoms with Crippen molar-refractivity contribution < 1.29 is 14.7 Å². The van der Waals surface area contributed by atoms with E-state index in [1.165, 1.54) is 11.0 Å². The number of carbonyl (C=O) groups excluding carboxylic acids is 1. The molecule has 0 bridgehead atoms. The average molecular weight is 241 g/mol. The highest BCUT2D eigenvalue weighted by molar-refractivity contribution is 6.09. The van der Waals surface area contributed by atoms with Gasteiger partial charge in [0.05, 0.1) is 0 Å². The number of piperidine rings is 1. The second-order valence-corrected chi connectivity index (χ2v) is 5.20. The summed E-state index contributed by atoms with van der Waals surface area (Å²) in [5, 5.41) is 9.20. The van der Waals surface area contributed by atoms with Gasteiger partial charge in [0.2, 0.25) is 0 Å². The number of rotatable bonds is 0. The predicted octanol–water partition coefficient (Wildman–Crippen LogP) is 2.02. The first-order valence-corrected chi connectivity index (χ1v) is 6.01. The minimum absolute atomic E-state index is 0.0787. The van der Waals surface area contributed by atoms with Gasteiger partial charge in [0.1, 0.15) is 0 Å². The van der Waals surface area contributed by atoms with E-state index in [0.29, 0.717) is 18.2 Å². The third-order valence-electron chi connectivity index (χ3n) is 4.43. The Kier molecular flexibility index (Phi) is 1.55. The lowest BCUT2D eigenvalue weighted by atomic mass is 9.81. The Hall–Kier alpha value is -2.10. The molecule has 2 atom stereocenters. The van der Waals surface area contributed by atoms with Crippen LogP contribution in [0.5, 0.6) is 0 Å². The van der Waals surface area contributed by atoms with Gasteiger partial charge >= 0.3 is 6.09 Å². The van der Waals surface area contributed by atoms with Crippen molar-refractivity contribution >= 4 is 11.9 Å². The van der Waals surface area contributed by atoms with Gasteiger partial charge in [0.25, 0.3) is 0 Å². The van der Waals surface area contributed by atoms with E-state index >= 15 is 0 Å². The normalized spacial score (nSPS) is 31.3. The molecule has 18 heavy (non-hydrogen) atoms. The number of amides is 1. The van der Waals surface area contributed by atoms with Crippen LogP contribution in [0.25, 0.3) is 0 Å². The van der Waals surface area contributed by atoms with E-state index in [9.17, 15) is 14.7 Å². The van der Waals surface area contributed by atoms with Crippen LogP contribution in [0.4, 0.5) is 4.79 Å². The minimum atomic E-state index is -0.958. The molecule has 4 heteroatoms. The molecule has 1 amide bonds. The number of nitrogens with zero attached hydrogens (tertiary/aromatic N) is 1. The number of likely N-dealkylation sites (tertiary alicyclic amines) is 1. The van der Waals surface area contributed by atoms with Gasteiger partial charge in [-0.05, 0) is 17.9 Å². The Bertz CT molecular complexity index is 634. The second-order valence-electron chi connectivity index (χ2n) is 5.20. The molecule has 1 N–H and O–H groups in total. The highest BCUT2D eigenvalue weighted by Gasteiger charge is 2.67. The zero-order valence-electron chi connectivity index (χ0n) is 9.59. The van der Waals surface area contributed by atoms with Gasteiger partial charge in [0, 0.05) is 29.3 Å². The van der Waals surface area contributed by atoms with Crippen molar-refractivity contribution in [3.05, 3.63) is 47.2 Å². The average Bonchev–Trinajstić information content (AvgIpc) is 2.99. The lowest BCUT2D eigenvalue weighted by Crippen LogP contribution is -2.32. The molecule has 2 fully saturated rings. The van der Waals surface area contributed by atoms with Gasteiger partial charge in [0.15, 0.2) is 5.78 Å².